The minimum atomic E-state index is 1.01. The van der Waals surface area contributed by atoms with Crippen molar-refractivity contribution in [3.63, 3.8) is 0 Å². The molecule has 0 saturated heterocycles. The molecule has 0 atom stereocenters. The molecule has 2 nitrogen and oxygen atoms in total. The topological polar surface area (TPSA) is 6.48 Å². The van der Waals surface area contributed by atoms with Crippen LogP contribution in [-0.2, 0) is 0 Å². The monoisotopic (exact) mass is 818 g/mol. The highest BCUT2D eigenvalue weighted by Gasteiger charge is 2.26. The van der Waals surface area contributed by atoms with Crippen LogP contribution >= 0.6 is 0 Å². The number of benzene rings is 10. The van der Waals surface area contributed by atoms with Crippen molar-refractivity contribution >= 4 is 77.2 Å². The number of nitrogens with zero attached hydrogens (tertiary/aromatic N) is 2. The maximum absolute atomic E-state index is 3.54. The lowest BCUT2D eigenvalue weighted by atomic mass is 9.90. The van der Waals surface area contributed by atoms with E-state index in [2.05, 4.69) is 256 Å². The number of aryl methyl sites for hydroxylation is 4. The smallest absolute Gasteiger partial charge is 0.0620 e. The fraction of sp³-hybridized carbons (Fsp3) is 0.0645. The Hall–Kier alpha value is -8.12. The zero-order valence-electron chi connectivity index (χ0n) is 36.5. The summed E-state index contributed by atoms with van der Waals surface area (Å²) in [7, 11) is 0. The minimum Gasteiger partial charge on any atom is -0.309 e. The highest BCUT2D eigenvalue weighted by molar-refractivity contribution is 6.24. The lowest BCUT2D eigenvalue weighted by molar-refractivity contribution is 1.28. The van der Waals surface area contributed by atoms with E-state index in [4.69, 9.17) is 0 Å². The first-order chi connectivity index (χ1) is 31.3. The molecule has 11 aromatic rings. The summed E-state index contributed by atoms with van der Waals surface area (Å²) in [5.41, 5.74) is 15.9. The van der Waals surface area contributed by atoms with E-state index < -0.39 is 0 Å². The van der Waals surface area contributed by atoms with Crippen molar-refractivity contribution in [2.75, 3.05) is 9.80 Å². The summed E-state index contributed by atoms with van der Waals surface area (Å²) in [6.07, 6.45) is 0. The summed E-state index contributed by atoms with van der Waals surface area (Å²) in [4.78, 5) is 4.93. The van der Waals surface area contributed by atoms with Crippen LogP contribution in [-0.4, -0.2) is 0 Å². The molecule has 11 aromatic carbocycles. The van der Waals surface area contributed by atoms with Gasteiger partial charge in [-0.1, -0.05) is 162 Å². The predicted octanol–water partition coefficient (Wildman–Crippen LogP) is 17.4. The molecular formula is C62H46N2. The average molecular weight is 819 g/mol. The van der Waals surface area contributed by atoms with Crippen molar-refractivity contribution in [2.24, 2.45) is 0 Å². The maximum atomic E-state index is 3.54. The quantitative estimate of drug-likeness (QED) is 0.111. The summed E-state index contributed by atoms with van der Waals surface area (Å²) in [5.74, 6) is 0. The van der Waals surface area contributed by atoms with E-state index in [9.17, 15) is 0 Å². The van der Waals surface area contributed by atoms with E-state index in [0.717, 1.165) is 83.1 Å². The summed E-state index contributed by atoms with van der Waals surface area (Å²) in [5, 5.41) is 9.21. The molecule has 0 amide bonds. The summed E-state index contributed by atoms with van der Waals surface area (Å²) >= 11 is 0. The average Bonchev–Trinajstić information content (AvgIpc) is 3.33. The summed E-state index contributed by atoms with van der Waals surface area (Å²) < 4.78 is 0. The minimum absolute atomic E-state index is 1.01. The van der Waals surface area contributed by atoms with Crippen LogP contribution in [0.5, 0.6) is 0 Å². The molecule has 0 N–H and O–H groups in total. The number of hydrogen-bond donors (Lipinski definition) is 0. The standard InChI is InChI=1S/C62H46N2/c1-41-13-27-53(28-14-41)63(54-29-15-42(2)16-30-54)61-57-35-25-52(50-24-22-46-10-6-8-12-48(46)38-50)40-60(57)62(64(55-31-17-43(3)18-32-55)56-33-19-44(4)20-34-56)58-36-26-51(39-59(58)61)49-23-21-45-9-5-7-11-47(45)37-49/h5-21,23,25-40H,1-4H3. The van der Waals surface area contributed by atoms with E-state index in [1.807, 2.05) is 0 Å². The van der Waals surface area contributed by atoms with Gasteiger partial charge in [-0.15, -0.1) is 0 Å². The van der Waals surface area contributed by atoms with Crippen LogP contribution in [0.1, 0.15) is 22.3 Å². The van der Waals surface area contributed by atoms with Crippen LogP contribution in [0.15, 0.2) is 206 Å². The van der Waals surface area contributed by atoms with Crippen molar-refractivity contribution in [3.8, 4) is 22.3 Å². The van der Waals surface area contributed by atoms with Gasteiger partial charge in [0.25, 0.3) is 0 Å². The van der Waals surface area contributed by atoms with Crippen molar-refractivity contribution in [2.45, 2.75) is 27.7 Å². The van der Waals surface area contributed by atoms with E-state index in [-0.39, 0.29) is 0 Å². The van der Waals surface area contributed by atoms with Gasteiger partial charge >= 0.3 is 0 Å². The number of rotatable bonds is 8. The first kappa shape index (κ1) is 38.8. The number of hydrogen-bond acceptors (Lipinski definition) is 2. The molecule has 11 rings (SSSR count). The van der Waals surface area contributed by atoms with Gasteiger partial charge in [0.2, 0.25) is 0 Å². The van der Waals surface area contributed by atoms with Crippen LogP contribution in [0, 0.1) is 39.8 Å². The van der Waals surface area contributed by atoms with E-state index in [1.165, 1.54) is 38.6 Å². The van der Waals surface area contributed by atoms with Gasteiger partial charge in [-0.05, 0) is 139 Å². The molecule has 0 fully saturated rings. The van der Waals surface area contributed by atoms with Gasteiger partial charge in [-0.25, -0.2) is 0 Å². The van der Waals surface area contributed by atoms with Gasteiger partial charge in [0.1, 0.15) is 0 Å². The van der Waals surface area contributed by atoms with E-state index in [1.54, 1.807) is 0 Å². The predicted molar refractivity (Wildman–Crippen MR) is 273 cm³/mol. The van der Waals surface area contributed by atoms with Crippen LogP contribution in [0.4, 0.5) is 34.1 Å². The molecule has 0 bridgehead atoms. The Kier molecular flexibility index (Phi) is 9.68. The second kappa shape index (κ2) is 16.0. The third-order valence-corrected chi connectivity index (χ3v) is 12.7. The Morgan fingerprint density at radius 1 is 0.297 bits per heavy atom. The molecule has 64 heavy (non-hydrogen) atoms. The van der Waals surface area contributed by atoms with E-state index in [0.29, 0.717) is 0 Å². The lowest BCUT2D eigenvalue weighted by Gasteiger charge is -2.33. The molecule has 2 heteroatoms. The third-order valence-electron chi connectivity index (χ3n) is 12.7. The zero-order valence-corrected chi connectivity index (χ0v) is 36.5. The fourth-order valence-electron chi connectivity index (χ4n) is 9.19. The second-order valence-electron chi connectivity index (χ2n) is 17.2. The van der Waals surface area contributed by atoms with Crippen LogP contribution in [0.25, 0.3) is 65.3 Å². The van der Waals surface area contributed by atoms with Crippen molar-refractivity contribution in [1.82, 2.24) is 0 Å². The highest BCUT2D eigenvalue weighted by atomic mass is 15.2. The van der Waals surface area contributed by atoms with Crippen LogP contribution in [0.3, 0.4) is 0 Å². The summed E-state index contributed by atoms with van der Waals surface area (Å²) in [6, 6.07) is 83.0. The molecule has 0 spiro atoms. The molecule has 0 unspecified atom stereocenters. The number of fused-ring (bicyclic) bond motifs is 4. The van der Waals surface area contributed by atoms with Gasteiger partial charge in [-0.3, -0.25) is 0 Å². The van der Waals surface area contributed by atoms with Gasteiger partial charge in [0.15, 0.2) is 0 Å². The van der Waals surface area contributed by atoms with Crippen molar-refractivity contribution < 1.29 is 0 Å². The molecule has 0 heterocycles. The Morgan fingerprint density at radius 3 is 1.22 bits per heavy atom. The fourth-order valence-corrected chi connectivity index (χ4v) is 9.19. The highest BCUT2D eigenvalue weighted by Crippen LogP contribution is 2.52. The lowest BCUT2D eigenvalue weighted by Crippen LogP contribution is -2.15. The normalized spacial score (nSPS) is 11.3. The molecule has 0 aliphatic carbocycles. The molecule has 0 aliphatic heterocycles. The molecule has 0 aromatic heterocycles. The molecule has 0 aliphatic rings. The Balaban J connectivity index is 1.30. The van der Waals surface area contributed by atoms with Gasteiger partial charge in [0.05, 0.1) is 11.4 Å². The van der Waals surface area contributed by atoms with Crippen molar-refractivity contribution in [1.29, 1.82) is 0 Å². The van der Waals surface area contributed by atoms with Gasteiger partial charge in [-0.2, -0.15) is 0 Å². The Bertz CT molecular complexity index is 3180. The zero-order chi connectivity index (χ0) is 43.3. The molecule has 0 saturated carbocycles. The largest absolute Gasteiger partial charge is 0.309 e. The first-order valence-electron chi connectivity index (χ1n) is 22.1. The number of anilines is 6. The maximum Gasteiger partial charge on any atom is 0.0620 e. The third kappa shape index (κ3) is 7.08. The van der Waals surface area contributed by atoms with Crippen molar-refractivity contribution in [3.05, 3.63) is 241 Å². The second-order valence-corrected chi connectivity index (χ2v) is 17.2. The Labute approximate surface area is 375 Å². The molecule has 304 valence electrons. The molecular weight excluding hydrogens is 773 g/mol. The first-order valence-corrected chi connectivity index (χ1v) is 22.1. The Morgan fingerprint density at radius 2 is 0.703 bits per heavy atom. The van der Waals surface area contributed by atoms with Crippen LogP contribution < -0.4 is 9.80 Å². The van der Waals surface area contributed by atoms with Gasteiger partial charge < -0.3 is 9.80 Å². The van der Waals surface area contributed by atoms with E-state index >= 15 is 0 Å². The van der Waals surface area contributed by atoms with Crippen LogP contribution in [0.2, 0.25) is 0 Å². The van der Waals surface area contributed by atoms with Gasteiger partial charge in [0, 0.05) is 55.2 Å². The summed E-state index contributed by atoms with van der Waals surface area (Å²) in [6.45, 7) is 8.62. The SMILES string of the molecule is Cc1ccc(N(c2ccc(C)cc2)c2c3ccc(-c4ccc5ccccc5c4)cc3c(N(c3ccc(C)cc3)c3ccc(C)cc3)c3ccc(-c4c#cc5ccccc5c4)cc23)cc1. The molecule has 0 radical (unpaired) electrons.